The van der Waals surface area contributed by atoms with Crippen LogP contribution in [0, 0.1) is 0 Å². The predicted octanol–water partition coefficient (Wildman–Crippen LogP) is 15.7. The molecule has 2 aliphatic carbocycles. The Morgan fingerprint density at radius 3 is 2.07 bits per heavy atom. The first kappa shape index (κ1) is 40.6. The van der Waals surface area contributed by atoms with Gasteiger partial charge >= 0.3 is 6.85 Å². The molecule has 340 valence electrons. The number of fused-ring (bicyclic) bond motifs is 18. The maximum Gasteiger partial charge on any atom is 0.333 e. The van der Waals surface area contributed by atoms with E-state index in [-0.39, 0.29) is 28.5 Å². The summed E-state index contributed by atoms with van der Waals surface area (Å²) in [5, 5.41) is 4.93. The van der Waals surface area contributed by atoms with Crippen LogP contribution < -0.4 is 15.7 Å². The molecular weight excluding hydrogens is 854 g/mol. The smallest absolute Gasteiger partial charge is 0.333 e. The molecule has 4 aliphatic rings. The molecule has 0 amide bonds. The van der Waals surface area contributed by atoms with E-state index < -0.39 is 0 Å². The number of anilines is 2. The summed E-state index contributed by atoms with van der Waals surface area (Å²) in [6, 6.07) is 52.2. The van der Waals surface area contributed by atoms with E-state index in [4.69, 9.17) is 13.8 Å². The van der Waals surface area contributed by atoms with Crippen molar-refractivity contribution in [1.82, 2.24) is 9.55 Å². The van der Waals surface area contributed by atoms with Crippen molar-refractivity contribution in [3.63, 3.8) is 0 Å². The van der Waals surface area contributed by atoms with E-state index >= 15 is 0 Å². The number of aromatic nitrogens is 2. The number of benzene rings is 8. The molecule has 8 aromatic carbocycles. The summed E-state index contributed by atoms with van der Waals surface area (Å²) in [4.78, 5) is 7.95. The van der Waals surface area contributed by atoms with Gasteiger partial charge in [-0.2, -0.15) is 0 Å². The van der Waals surface area contributed by atoms with E-state index in [2.05, 4.69) is 205 Å². The maximum absolute atomic E-state index is 6.85. The topological polar surface area (TPSA) is 47.3 Å². The van der Waals surface area contributed by atoms with E-state index in [9.17, 15) is 0 Å². The first-order valence-electron chi connectivity index (χ1n) is 25.3. The van der Waals surface area contributed by atoms with Gasteiger partial charge in [-0.1, -0.05) is 135 Å². The third-order valence-corrected chi connectivity index (χ3v) is 17.4. The maximum atomic E-state index is 6.85. The van der Waals surface area contributed by atoms with Crippen molar-refractivity contribution in [1.29, 1.82) is 0 Å². The second kappa shape index (κ2) is 13.1. The Hall–Kier alpha value is -7.31. The van der Waals surface area contributed by atoms with Gasteiger partial charge in [0.2, 0.25) is 5.89 Å². The summed E-state index contributed by atoms with van der Waals surface area (Å²) in [5.74, 6) is 0.631. The second-order valence-electron chi connectivity index (χ2n) is 23.7. The van der Waals surface area contributed by atoms with Crippen LogP contribution in [0.15, 0.2) is 148 Å². The standard InChI is InChI=1S/C64H54BN3O2/c1-61(2,3)36-23-25-37(26-24-36)68-49-30-40-38-19-14-16-22-51(38)69-52(40)31-42(49)55-54-39-20-13-15-21-43(39)64(8,9)57(54)56-41-29-44-45(63(6,7)28-27-62(44,4)5)32-48(41)67-50-34-53-47(33-46(50)65(68)58(55)59(56)67)66-60(70-53)35-17-11-10-12-18-35/h10-26,29-34H,27-28H2,1-9H3. The van der Waals surface area contributed by atoms with Gasteiger partial charge in [-0.15, -0.1) is 0 Å². The zero-order valence-electron chi connectivity index (χ0n) is 41.4. The van der Waals surface area contributed by atoms with Crippen LogP contribution in [0.2, 0.25) is 0 Å². The molecule has 0 saturated carbocycles. The molecule has 70 heavy (non-hydrogen) atoms. The average Bonchev–Trinajstić information content (AvgIpc) is 4.09. The lowest BCUT2D eigenvalue weighted by atomic mass is 9.43. The minimum Gasteiger partial charge on any atom is -0.456 e. The highest BCUT2D eigenvalue weighted by atomic mass is 16.3. The number of para-hydroxylation sites is 1. The first-order valence-corrected chi connectivity index (χ1v) is 25.3. The molecule has 0 atom stereocenters. The van der Waals surface area contributed by atoms with Crippen molar-refractivity contribution >= 4 is 84.0 Å². The van der Waals surface area contributed by atoms with Gasteiger partial charge in [0, 0.05) is 61.2 Å². The number of nitrogens with zero attached hydrogens (tertiary/aromatic N) is 3. The summed E-state index contributed by atoms with van der Waals surface area (Å²) >= 11 is 0. The lowest BCUT2D eigenvalue weighted by Gasteiger charge is -2.43. The lowest BCUT2D eigenvalue weighted by molar-refractivity contribution is 0.332. The molecule has 0 bridgehead atoms. The van der Waals surface area contributed by atoms with E-state index in [1.807, 2.05) is 6.07 Å². The van der Waals surface area contributed by atoms with Crippen molar-refractivity contribution in [2.24, 2.45) is 0 Å². The molecule has 11 aromatic rings. The molecule has 0 fully saturated rings. The van der Waals surface area contributed by atoms with E-state index in [1.165, 1.54) is 88.5 Å². The van der Waals surface area contributed by atoms with Crippen LogP contribution in [0.3, 0.4) is 0 Å². The zero-order valence-corrected chi connectivity index (χ0v) is 41.4. The van der Waals surface area contributed by atoms with Crippen molar-refractivity contribution in [2.75, 3.05) is 4.81 Å². The van der Waals surface area contributed by atoms with Gasteiger partial charge in [-0.05, 0) is 145 Å². The zero-order chi connectivity index (χ0) is 47.5. The number of rotatable bonds is 2. The Balaban J connectivity index is 1.18. The highest BCUT2D eigenvalue weighted by molar-refractivity contribution is 6.94. The summed E-state index contributed by atoms with van der Waals surface area (Å²) in [7, 11) is 0. The molecule has 5 nitrogen and oxygen atoms in total. The molecule has 0 N–H and O–H groups in total. The van der Waals surface area contributed by atoms with Crippen molar-refractivity contribution in [3.8, 4) is 39.4 Å². The van der Waals surface area contributed by atoms with Gasteiger partial charge in [0.15, 0.2) is 5.58 Å². The normalized spacial score (nSPS) is 16.8. The lowest BCUT2D eigenvalue weighted by Crippen LogP contribution is -2.60. The molecule has 0 unspecified atom stereocenters. The Kier molecular flexibility index (Phi) is 7.59. The third kappa shape index (κ3) is 5.11. The van der Waals surface area contributed by atoms with Crippen molar-refractivity contribution < 1.29 is 8.83 Å². The average molecular weight is 908 g/mol. The van der Waals surface area contributed by atoms with Crippen molar-refractivity contribution in [2.45, 2.75) is 96.8 Å². The summed E-state index contributed by atoms with van der Waals surface area (Å²) < 4.78 is 16.4. The fourth-order valence-corrected chi connectivity index (χ4v) is 13.7. The Morgan fingerprint density at radius 2 is 1.30 bits per heavy atom. The number of hydrogen-bond acceptors (Lipinski definition) is 4. The van der Waals surface area contributed by atoms with Crippen LogP contribution in [0.5, 0.6) is 0 Å². The molecule has 0 saturated heterocycles. The Bertz CT molecular complexity index is 4140. The third-order valence-electron chi connectivity index (χ3n) is 17.4. The minimum atomic E-state index is -0.302. The molecule has 0 radical (unpaired) electrons. The molecule has 2 aliphatic heterocycles. The van der Waals surface area contributed by atoms with Crippen LogP contribution in [-0.4, -0.2) is 16.4 Å². The van der Waals surface area contributed by atoms with Gasteiger partial charge in [-0.25, -0.2) is 4.98 Å². The van der Waals surface area contributed by atoms with Gasteiger partial charge < -0.3 is 18.2 Å². The monoisotopic (exact) mass is 907 g/mol. The molecule has 3 aromatic heterocycles. The van der Waals surface area contributed by atoms with Crippen LogP contribution in [-0.2, 0) is 21.7 Å². The SMILES string of the molecule is CC(C)(C)c1ccc(N2B3c4cc5nc(-c6ccccc6)oc5cc4-n4c5cc6c(cc5c5c7c(c(c3c54)-c3cc4oc5ccccc5c4cc32)-c2ccccc2C7(C)C)C(C)(C)CCC6(C)C)cc1. The molecule has 0 spiro atoms. The summed E-state index contributed by atoms with van der Waals surface area (Å²) in [6.45, 7) is 21.4. The fraction of sp³-hybridized carbons (Fsp3) is 0.234. The van der Waals surface area contributed by atoms with Crippen LogP contribution in [0.4, 0.5) is 11.4 Å². The van der Waals surface area contributed by atoms with Crippen LogP contribution in [0.25, 0.3) is 94.2 Å². The van der Waals surface area contributed by atoms with Crippen LogP contribution in [0.1, 0.15) is 103 Å². The first-order chi connectivity index (χ1) is 33.6. The summed E-state index contributed by atoms with van der Waals surface area (Å²) in [6.07, 6.45) is 2.29. The van der Waals surface area contributed by atoms with E-state index in [0.29, 0.717) is 5.89 Å². The summed E-state index contributed by atoms with van der Waals surface area (Å²) in [5.41, 5.74) is 24.8. The highest BCUT2D eigenvalue weighted by Gasteiger charge is 2.51. The number of furan rings is 1. The highest BCUT2D eigenvalue weighted by Crippen LogP contribution is 2.60. The molecular formula is C64H54BN3O2. The van der Waals surface area contributed by atoms with Gasteiger partial charge in [0.25, 0.3) is 0 Å². The van der Waals surface area contributed by atoms with E-state index in [1.54, 1.807) is 0 Å². The number of hydrogen-bond donors (Lipinski definition) is 0. The van der Waals surface area contributed by atoms with Gasteiger partial charge in [0.1, 0.15) is 16.7 Å². The Labute approximate surface area is 408 Å². The second-order valence-corrected chi connectivity index (χ2v) is 23.7. The van der Waals surface area contributed by atoms with Gasteiger partial charge in [0.05, 0.1) is 11.0 Å². The molecule has 15 rings (SSSR count). The van der Waals surface area contributed by atoms with Gasteiger partial charge in [-0.3, -0.25) is 0 Å². The van der Waals surface area contributed by atoms with E-state index in [0.717, 1.165) is 62.8 Å². The predicted molar refractivity (Wildman–Crippen MR) is 292 cm³/mol. The molecule has 6 heteroatoms. The molecule has 5 heterocycles. The van der Waals surface area contributed by atoms with Crippen LogP contribution >= 0.6 is 0 Å². The largest absolute Gasteiger partial charge is 0.456 e. The fourth-order valence-electron chi connectivity index (χ4n) is 13.7. The van der Waals surface area contributed by atoms with Crippen molar-refractivity contribution in [3.05, 3.63) is 167 Å². The number of oxazole rings is 1. The minimum absolute atomic E-state index is 0.00455. The Morgan fingerprint density at radius 1 is 0.586 bits per heavy atom. The quantitative estimate of drug-likeness (QED) is 0.162.